The molecule has 1 atom stereocenters. The summed E-state index contributed by atoms with van der Waals surface area (Å²) in [5, 5.41) is 0. The van der Waals surface area contributed by atoms with Crippen molar-refractivity contribution in [1.82, 2.24) is 9.21 Å². The zero-order valence-corrected chi connectivity index (χ0v) is 26.3. The molecule has 3 aromatic carbocycles. The number of piperidine rings is 1. The molecule has 1 aliphatic heterocycles. The quantitative estimate of drug-likeness (QED) is 0.269. The van der Waals surface area contributed by atoms with Crippen LogP contribution in [-0.4, -0.2) is 62.4 Å². The van der Waals surface area contributed by atoms with Crippen molar-refractivity contribution >= 4 is 15.9 Å². The Balaban J connectivity index is 1.39. The summed E-state index contributed by atoms with van der Waals surface area (Å²) in [6.07, 6.45) is 6.68. The first-order valence-electron chi connectivity index (χ1n) is 15.5. The fourth-order valence-electron chi connectivity index (χ4n) is 5.94. The standard InChI is InChI=1S/C34H41F2N3O5S/c1-38(45(41,42)31-18-16-28(17-19-31)43-24-25-8-4-2-5-9-25)32(33(40)39-22-20-27(37)21-23-39)34(35,36)26-12-14-30(15-13-26)44-29-10-6-3-7-11-29/h3,6-7,10-19,25,27,32H,2,4-5,8-9,20-24,37H2,1H3/t32-/m0/s1. The molecule has 0 spiro atoms. The highest BCUT2D eigenvalue weighted by atomic mass is 32.2. The van der Waals surface area contributed by atoms with E-state index in [0.717, 1.165) is 32.0 Å². The van der Waals surface area contributed by atoms with E-state index in [4.69, 9.17) is 15.2 Å². The lowest BCUT2D eigenvalue weighted by molar-refractivity contribution is -0.151. The van der Waals surface area contributed by atoms with Crippen LogP contribution in [0.25, 0.3) is 0 Å². The Hall–Kier alpha value is -3.54. The Labute approximate surface area is 264 Å². The van der Waals surface area contributed by atoms with Crippen molar-refractivity contribution < 1.29 is 31.5 Å². The van der Waals surface area contributed by atoms with E-state index in [1.807, 2.05) is 6.07 Å². The number of likely N-dealkylation sites (N-methyl/N-ethyl adjacent to an activating group) is 1. The molecule has 3 aromatic rings. The maximum Gasteiger partial charge on any atom is 0.298 e. The molecule has 11 heteroatoms. The normalized spacial score (nSPS) is 17.7. The van der Waals surface area contributed by atoms with E-state index in [1.54, 1.807) is 24.3 Å². The monoisotopic (exact) mass is 641 g/mol. The number of nitrogens with two attached hydrogens (primary N) is 1. The van der Waals surface area contributed by atoms with E-state index in [9.17, 15) is 13.2 Å². The third-order valence-electron chi connectivity index (χ3n) is 8.72. The van der Waals surface area contributed by atoms with Gasteiger partial charge in [0, 0.05) is 31.7 Å². The second kappa shape index (κ2) is 14.3. The van der Waals surface area contributed by atoms with Gasteiger partial charge in [0.05, 0.1) is 11.5 Å². The predicted octanol–water partition coefficient (Wildman–Crippen LogP) is 6.17. The number of ether oxygens (including phenoxy) is 2. The van der Waals surface area contributed by atoms with Gasteiger partial charge in [-0.15, -0.1) is 0 Å². The van der Waals surface area contributed by atoms with Crippen LogP contribution in [0, 0.1) is 5.92 Å². The number of halogens is 2. The number of amides is 1. The number of para-hydroxylation sites is 1. The third-order valence-corrected chi connectivity index (χ3v) is 10.6. The minimum Gasteiger partial charge on any atom is -0.493 e. The smallest absolute Gasteiger partial charge is 0.298 e. The second-order valence-corrected chi connectivity index (χ2v) is 13.9. The lowest BCUT2D eigenvalue weighted by Crippen LogP contribution is -2.58. The average Bonchev–Trinajstić information content (AvgIpc) is 3.05. The number of hydrogen-bond donors (Lipinski definition) is 1. The molecule has 242 valence electrons. The van der Waals surface area contributed by atoms with Crippen molar-refractivity contribution in [1.29, 1.82) is 0 Å². The number of benzene rings is 3. The fourth-order valence-corrected chi connectivity index (χ4v) is 7.25. The summed E-state index contributed by atoms with van der Waals surface area (Å²) in [4.78, 5) is 14.9. The zero-order chi connectivity index (χ0) is 32.0. The molecule has 1 amide bonds. The lowest BCUT2D eigenvalue weighted by atomic mass is 9.90. The number of rotatable bonds is 11. The van der Waals surface area contributed by atoms with Crippen LogP contribution in [-0.2, 0) is 20.7 Å². The van der Waals surface area contributed by atoms with Gasteiger partial charge in [0.15, 0.2) is 6.04 Å². The molecule has 45 heavy (non-hydrogen) atoms. The molecule has 1 saturated carbocycles. The summed E-state index contributed by atoms with van der Waals surface area (Å²) in [5.74, 6) is -3.04. The van der Waals surface area contributed by atoms with Crippen LogP contribution in [0.5, 0.6) is 17.2 Å². The van der Waals surface area contributed by atoms with Gasteiger partial charge in [0.1, 0.15) is 17.2 Å². The van der Waals surface area contributed by atoms with E-state index in [1.165, 1.54) is 60.6 Å². The maximum absolute atomic E-state index is 16.5. The summed E-state index contributed by atoms with van der Waals surface area (Å²) in [6, 6.07) is 17.2. The molecule has 1 heterocycles. The van der Waals surface area contributed by atoms with Gasteiger partial charge in [-0.05, 0) is 92.3 Å². The molecule has 1 aliphatic carbocycles. The molecule has 5 rings (SSSR count). The number of carbonyl (C=O) groups is 1. The Morgan fingerprint density at radius 1 is 0.889 bits per heavy atom. The number of hydrogen-bond acceptors (Lipinski definition) is 6. The molecule has 2 aliphatic rings. The summed E-state index contributed by atoms with van der Waals surface area (Å²) >= 11 is 0. The fraction of sp³-hybridized carbons (Fsp3) is 0.441. The number of likely N-dealkylation sites (tertiary alicyclic amines) is 1. The van der Waals surface area contributed by atoms with E-state index in [-0.39, 0.29) is 24.0 Å². The van der Waals surface area contributed by atoms with E-state index >= 15 is 8.78 Å². The van der Waals surface area contributed by atoms with Gasteiger partial charge < -0.3 is 20.1 Å². The maximum atomic E-state index is 16.5. The van der Waals surface area contributed by atoms with Gasteiger partial charge in [0.2, 0.25) is 15.9 Å². The molecule has 0 unspecified atom stereocenters. The first kappa shape index (κ1) is 32.8. The summed E-state index contributed by atoms with van der Waals surface area (Å²) in [6.45, 7) is 0.873. The van der Waals surface area contributed by atoms with Crippen molar-refractivity contribution in [3.05, 3.63) is 84.4 Å². The number of carbonyl (C=O) groups excluding carboxylic acids is 1. The minimum atomic E-state index is -4.52. The molecule has 0 aromatic heterocycles. The molecule has 2 N–H and O–H groups in total. The number of sulfonamides is 1. The van der Waals surface area contributed by atoms with Crippen molar-refractivity contribution in [2.24, 2.45) is 11.7 Å². The largest absolute Gasteiger partial charge is 0.493 e. The Bertz CT molecular complexity index is 1510. The van der Waals surface area contributed by atoms with Crippen molar-refractivity contribution in [2.45, 2.75) is 67.8 Å². The molecular formula is C34H41F2N3O5S. The summed E-state index contributed by atoms with van der Waals surface area (Å²) in [5.41, 5.74) is 5.48. The van der Waals surface area contributed by atoms with E-state index in [2.05, 4.69) is 0 Å². The summed E-state index contributed by atoms with van der Waals surface area (Å²) < 4.78 is 72.7. The lowest BCUT2D eigenvalue weighted by Gasteiger charge is -2.38. The van der Waals surface area contributed by atoms with Crippen LogP contribution in [0.15, 0.2) is 83.8 Å². The molecule has 0 radical (unpaired) electrons. The SMILES string of the molecule is CN([C@@H](C(=O)N1CCC(N)CC1)C(F)(F)c1ccc(Oc2ccccc2)cc1)S(=O)(=O)c1ccc(OCC2CCCCC2)cc1. The van der Waals surface area contributed by atoms with Crippen LogP contribution < -0.4 is 15.2 Å². The number of alkyl halides is 2. The number of nitrogens with zero attached hydrogens (tertiary/aromatic N) is 2. The van der Waals surface area contributed by atoms with Crippen LogP contribution in [0.1, 0.15) is 50.5 Å². The van der Waals surface area contributed by atoms with Gasteiger partial charge in [-0.2, -0.15) is 13.1 Å². The molecule has 8 nitrogen and oxygen atoms in total. The highest BCUT2D eigenvalue weighted by Crippen LogP contribution is 2.39. The Morgan fingerprint density at radius 3 is 2.09 bits per heavy atom. The first-order valence-corrected chi connectivity index (χ1v) is 17.0. The zero-order valence-electron chi connectivity index (χ0n) is 25.5. The highest BCUT2D eigenvalue weighted by molar-refractivity contribution is 7.89. The topological polar surface area (TPSA) is 102 Å². The van der Waals surface area contributed by atoms with Crippen LogP contribution >= 0.6 is 0 Å². The minimum absolute atomic E-state index is 0.148. The van der Waals surface area contributed by atoms with Crippen molar-refractivity contribution in [3.63, 3.8) is 0 Å². The van der Waals surface area contributed by atoms with Crippen LogP contribution in [0.4, 0.5) is 8.78 Å². The average molecular weight is 642 g/mol. The second-order valence-electron chi connectivity index (χ2n) is 11.9. The van der Waals surface area contributed by atoms with Gasteiger partial charge in [0.25, 0.3) is 5.92 Å². The molecule has 0 bridgehead atoms. The highest BCUT2D eigenvalue weighted by Gasteiger charge is 2.53. The van der Waals surface area contributed by atoms with Crippen LogP contribution in [0.2, 0.25) is 0 Å². The van der Waals surface area contributed by atoms with Gasteiger partial charge in [-0.25, -0.2) is 8.42 Å². The molecule has 1 saturated heterocycles. The Morgan fingerprint density at radius 2 is 1.47 bits per heavy atom. The van der Waals surface area contributed by atoms with Gasteiger partial charge in [-0.3, -0.25) is 4.79 Å². The van der Waals surface area contributed by atoms with Crippen LogP contribution in [0.3, 0.4) is 0 Å². The van der Waals surface area contributed by atoms with Gasteiger partial charge >= 0.3 is 0 Å². The van der Waals surface area contributed by atoms with E-state index < -0.39 is 33.5 Å². The van der Waals surface area contributed by atoms with Crippen molar-refractivity contribution in [3.8, 4) is 17.2 Å². The van der Waals surface area contributed by atoms with E-state index in [0.29, 0.717) is 46.9 Å². The van der Waals surface area contributed by atoms with Crippen molar-refractivity contribution in [2.75, 3.05) is 26.7 Å². The first-order chi connectivity index (χ1) is 21.6. The van der Waals surface area contributed by atoms with Gasteiger partial charge in [-0.1, -0.05) is 37.5 Å². The predicted molar refractivity (Wildman–Crippen MR) is 168 cm³/mol. The Kier molecular flexibility index (Phi) is 10.4. The summed E-state index contributed by atoms with van der Waals surface area (Å²) in [7, 11) is -3.49. The third kappa shape index (κ3) is 7.82. The molecular weight excluding hydrogens is 600 g/mol. The molecule has 2 fully saturated rings.